The van der Waals surface area contributed by atoms with E-state index in [1.165, 1.54) is 58.2 Å². The SMILES string of the molecule is CCCC1CCCN(CC(CC)NCC)CC1. The molecule has 0 aromatic heterocycles. The molecule has 1 aliphatic rings. The molecule has 1 N–H and O–H groups in total. The summed E-state index contributed by atoms with van der Waals surface area (Å²) in [5.41, 5.74) is 0. The van der Waals surface area contributed by atoms with Crippen LogP contribution < -0.4 is 5.32 Å². The van der Waals surface area contributed by atoms with Crippen LogP contribution in [0.15, 0.2) is 0 Å². The molecule has 1 fully saturated rings. The second-order valence-electron chi connectivity index (χ2n) is 5.55. The Morgan fingerprint density at radius 3 is 2.65 bits per heavy atom. The van der Waals surface area contributed by atoms with Gasteiger partial charge in [0.1, 0.15) is 0 Å². The maximum atomic E-state index is 3.59. The summed E-state index contributed by atoms with van der Waals surface area (Å²) in [6.45, 7) is 11.8. The second-order valence-corrected chi connectivity index (χ2v) is 5.55. The van der Waals surface area contributed by atoms with Gasteiger partial charge in [-0.1, -0.05) is 33.6 Å². The van der Waals surface area contributed by atoms with E-state index >= 15 is 0 Å². The average Bonchev–Trinajstić information content (AvgIpc) is 2.55. The minimum Gasteiger partial charge on any atom is -0.313 e. The molecule has 0 aromatic rings. The molecule has 2 atom stereocenters. The van der Waals surface area contributed by atoms with Gasteiger partial charge >= 0.3 is 0 Å². The fourth-order valence-corrected chi connectivity index (χ4v) is 3.04. The summed E-state index contributed by atoms with van der Waals surface area (Å²) in [4.78, 5) is 2.69. The molecular formula is C15H32N2. The predicted molar refractivity (Wildman–Crippen MR) is 76.4 cm³/mol. The second kappa shape index (κ2) is 8.93. The van der Waals surface area contributed by atoms with Crippen LogP contribution in [0, 0.1) is 5.92 Å². The minimum atomic E-state index is 0.697. The number of rotatable bonds is 7. The highest BCUT2D eigenvalue weighted by atomic mass is 15.1. The Bertz CT molecular complexity index is 182. The van der Waals surface area contributed by atoms with Gasteiger partial charge in [0, 0.05) is 12.6 Å². The van der Waals surface area contributed by atoms with E-state index in [0.29, 0.717) is 6.04 Å². The number of hydrogen-bond donors (Lipinski definition) is 1. The Labute approximate surface area is 108 Å². The van der Waals surface area contributed by atoms with E-state index in [1.54, 1.807) is 0 Å². The van der Waals surface area contributed by atoms with Crippen molar-refractivity contribution in [3.05, 3.63) is 0 Å². The first kappa shape index (κ1) is 15.0. The van der Waals surface area contributed by atoms with Gasteiger partial charge in [-0.25, -0.2) is 0 Å². The highest BCUT2D eigenvalue weighted by Gasteiger charge is 2.18. The third-order valence-corrected chi connectivity index (χ3v) is 4.10. The Kier molecular flexibility index (Phi) is 7.87. The van der Waals surface area contributed by atoms with Crippen molar-refractivity contribution >= 4 is 0 Å². The van der Waals surface area contributed by atoms with E-state index in [1.807, 2.05) is 0 Å². The first-order valence-electron chi connectivity index (χ1n) is 7.75. The first-order valence-corrected chi connectivity index (χ1v) is 7.75. The third-order valence-electron chi connectivity index (χ3n) is 4.10. The van der Waals surface area contributed by atoms with Gasteiger partial charge in [0.25, 0.3) is 0 Å². The quantitative estimate of drug-likeness (QED) is 0.735. The molecule has 0 aliphatic carbocycles. The molecule has 0 saturated carbocycles. The van der Waals surface area contributed by atoms with Gasteiger partial charge in [0.05, 0.1) is 0 Å². The zero-order valence-electron chi connectivity index (χ0n) is 12.2. The van der Waals surface area contributed by atoms with Crippen LogP contribution in [0.3, 0.4) is 0 Å². The van der Waals surface area contributed by atoms with Crippen molar-refractivity contribution in [1.82, 2.24) is 10.2 Å². The number of likely N-dealkylation sites (N-methyl/N-ethyl adjacent to an activating group) is 1. The predicted octanol–water partition coefficient (Wildman–Crippen LogP) is 3.28. The molecule has 1 aliphatic heterocycles. The van der Waals surface area contributed by atoms with Crippen LogP contribution >= 0.6 is 0 Å². The van der Waals surface area contributed by atoms with Crippen molar-refractivity contribution in [1.29, 1.82) is 0 Å². The zero-order valence-corrected chi connectivity index (χ0v) is 12.2. The van der Waals surface area contributed by atoms with Crippen molar-refractivity contribution in [2.75, 3.05) is 26.2 Å². The number of nitrogens with one attached hydrogen (secondary N) is 1. The first-order chi connectivity index (χ1) is 8.30. The molecular weight excluding hydrogens is 208 g/mol. The summed E-state index contributed by atoms with van der Waals surface area (Å²) in [7, 11) is 0. The van der Waals surface area contributed by atoms with Gasteiger partial charge in [-0.05, 0) is 51.2 Å². The van der Waals surface area contributed by atoms with Crippen LogP contribution in [-0.4, -0.2) is 37.1 Å². The molecule has 0 bridgehead atoms. The lowest BCUT2D eigenvalue weighted by atomic mass is 9.96. The zero-order chi connectivity index (χ0) is 12.5. The van der Waals surface area contributed by atoms with Gasteiger partial charge in [-0.15, -0.1) is 0 Å². The highest BCUT2D eigenvalue weighted by molar-refractivity contribution is 4.75. The van der Waals surface area contributed by atoms with Crippen molar-refractivity contribution in [3.8, 4) is 0 Å². The third kappa shape index (κ3) is 5.87. The summed E-state index contributed by atoms with van der Waals surface area (Å²) in [5.74, 6) is 1.00. The van der Waals surface area contributed by atoms with E-state index in [0.717, 1.165) is 12.5 Å². The van der Waals surface area contributed by atoms with Crippen LogP contribution in [0.4, 0.5) is 0 Å². The molecule has 1 saturated heterocycles. The maximum Gasteiger partial charge on any atom is 0.0192 e. The molecule has 102 valence electrons. The molecule has 0 spiro atoms. The molecule has 1 rings (SSSR count). The van der Waals surface area contributed by atoms with Crippen molar-refractivity contribution in [2.45, 2.75) is 65.3 Å². The highest BCUT2D eigenvalue weighted by Crippen LogP contribution is 2.22. The lowest BCUT2D eigenvalue weighted by Crippen LogP contribution is -2.41. The molecule has 0 amide bonds. The van der Waals surface area contributed by atoms with Gasteiger partial charge in [0.15, 0.2) is 0 Å². The van der Waals surface area contributed by atoms with Gasteiger partial charge < -0.3 is 10.2 Å². The molecule has 2 unspecified atom stereocenters. The van der Waals surface area contributed by atoms with Crippen molar-refractivity contribution in [2.24, 2.45) is 5.92 Å². The lowest BCUT2D eigenvalue weighted by molar-refractivity contribution is 0.244. The number of hydrogen-bond acceptors (Lipinski definition) is 2. The Hall–Kier alpha value is -0.0800. The largest absolute Gasteiger partial charge is 0.313 e. The fourth-order valence-electron chi connectivity index (χ4n) is 3.04. The molecule has 0 aromatic carbocycles. The topological polar surface area (TPSA) is 15.3 Å². The summed E-state index contributed by atoms with van der Waals surface area (Å²) in [5, 5.41) is 3.59. The van der Waals surface area contributed by atoms with Crippen LogP contribution in [-0.2, 0) is 0 Å². The van der Waals surface area contributed by atoms with Crippen LogP contribution in [0.2, 0.25) is 0 Å². The molecule has 2 heteroatoms. The summed E-state index contributed by atoms with van der Waals surface area (Å²) >= 11 is 0. The van der Waals surface area contributed by atoms with Gasteiger partial charge in [-0.2, -0.15) is 0 Å². The standard InChI is InChI=1S/C15H32N2/c1-4-8-14-9-7-11-17(12-10-14)13-15(5-2)16-6-3/h14-16H,4-13H2,1-3H3. The maximum absolute atomic E-state index is 3.59. The monoisotopic (exact) mass is 240 g/mol. The van der Waals surface area contributed by atoms with Crippen LogP contribution in [0.5, 0.6) is 0 Å². The summed E-state index contributed by atoms with van der Waals surface area (Å²) < 4.78 is 0. The van der Waals surface area contributed by atoms with E-state index in [-0.39, 0.29) is 0 Å². The van der Waals surface area contributed by atoms with E-state index < -0.39 is 0 Å². The molecule has 1 heterocycles. The number of likely N-dealkylation sites (tertiary alicyclic amines) is 1. The van der Waals surface area contributed by atoms with Crippen molar-refractivity contribution in [3.63, 3.8) is 0 Å². The fraction of sp³-hybridized carbons (Fsp3) is 1.00. The van der Waals surface area contributed by atoms with Gasteiger partial charge in [0.2, 0.25) is 0 Å². The molecule has 0 radical (unpaired) electrons. The van der Waals surface area contributed by atoms with Crippen molar-refractivity contribution < 1.29 is 0 Å². The lowest BCUT2D eigenvalue weighted by Gasteiger charge is -2.26. The van der Waals surface area contributed by atoms with Gasteiger partial charge in [-0.3, -0.25) is 0 Å². The summed E-state index contributed by atoms with van der Waals surface area (Å²) in [6.07, 6.45) is 8.35. The molecule has 17 heavy (non-hydrogen) atoms. The van der Waals surface area contributed by atoms with E-state index in [9.17, 15) is 0 Å². The number of nitrogens with zero attached hydrogens (tertiary/aromatic N) is 1. The summed E-state index contributed by atoms with van der Waals surface area (Å²) in [6, 6.07) is 0.697. The molecule has 2 nitrogen and oxygen atoms in total. The van der Waals surface area contributed by atoms with Crippen LogP contribution in [0.1, 0.15) is 59.3 Å². The Morgan fingerprint density at radius 1 is 1.18 bits per heavy atom. The van der Waals surface area contributed by atoms with Crippen LogP contribution in [0.25, 0.3) is 0 Å². The normalized spacial score (nSPS) is 24.5. The Balaban J connectivity index is 2.29. The average molecular weight is 240 g/mol. The smallest absolute Gasteiger partial charge is 0.0192 e. The Morgan fingerprint density at radius 2 is 2.00 bits per heavy atom. The minimum absolute atomic E-state index is 0.697. The van der Waals surface area contributed by atoms with E-state index in [4.69, 9.17) is 0 Å². The van der Waals surface area contributed by atoms with E-state index in [2.05, 4.69) is 31.0 Å².